The predicted octanol–water partition coefficient (Wildman–Crippen LogP) is 4.31. The van der Waals surface area contributed by atoms with Crippen LogP contribution >= 0.6 is 0 Å². The third kappa shape index (κ3) is 2.67. The summed E-state index contributed by atoms with van der Waals surface area (Å²) in [6.07, 6.45) is 12.6. The molecule has 0 bridgehead atoms. The van der Waals surface area contributed by atoms with E-state index in [0.29, 0.717) is 5.92 Å². The summed E-state index contributed by atoms with van der Waals surface area (Å²) in [6, 6.07) is 2.43. The molecule has 0 aromatic carbocycles. The molecule has 0 radical (unpaired) electrons. The maximum atomic E-state index is 8.89. The van der Waals surface area contributed by atoms with Crippen molar-refractivity contribution in [3.8, 4) is 6.07 Å². The first-order valence-electron chi connectivity index (χ1n) is 6.85. The molecule has 2 saturated carbocycles. The molecule has 0 spiro atoms. The van der Waals surface area contributed by atoms with Gasteiger partial charge < -0.3 is 0 Å². The Morgan fingerprint density at radius 3 is 1.81 bits per heavy atom. The van der Waals surface area contributed by atoms with E-state index in [2.05, 4.69) is 18.7 Å². The summed E-state index contributed by atoms with van der Waals surface area (Å²) >= 11 is 0. The Labute approximate surface area is 99.5 Å². The third-order valence-electron chi connectivity index (χ3n) is 4.77. The first kappa shape index (κ1) is 11.7. The van der Waals surface area contributed by atoms with Crippen LogP contribution in [-0.4, -0.2) is 0 Å². The molecule has 0 atom stereocenters. The summed E-state index contributed by atoms with van der Waals surface area (Å²) in [7, 11) is 0. The van der Waals surface area contributed by atoms with Gasteiger partial charge in [0.15, 0.2) is 0 Å². The lowest BCUT2D eigenvalue weighted by Gasteiger charge is -2.36. The van der Waals surface area contributed by atoms with Crippen LogP contribution in [-0.2, 0) is 0 Å². The van der Waals surface area contributed by atoms with Crippen LogP contribution in [0.4, 0.5) is 0 Å². The SMILES string of the molecule is C=C[C@H]1CC[C@H]([C@H]2CC[C@H](C#N)CC2)CC1. The smallest absolute Gasteiger partial charge is 0.0655 e. The van der Waals surface area contributed by atoms with Gasteiger partial charge in [0.05, 0.1) is 6.07 Å². The molecule has 0 aromatic rings. The monoisotopic (exact) mass is 217 g/mol. The molecule has 2 aliphatic rings. The van der Waals surface area contributed by atoms with Gasteiger partial charge in [0.2, 0.25) is 0 Å². The molecule has 0 amide bonds. The van der Waals surface area contributed by atoms with E-state index < -0.39 is 0 Å². The van der Waals surface area contributed by atoms with Gasteiger partial charge in [-0.3, -0.25) is 0 Å². The van der Waals surface area contributed by atoms with Crippen LogP contribution in [0.3, 0.4) is 0 Å². The molecule has 1 heteroatoms. The zero-order valence-electron chi connectivity index (χ0n) is 10.2. The number of nitrogens with zero attached hydrogens (tertiary/aromatic N) is 1. The summed E-state index contributed by atoms with van der Waals surface area (Å²) in [5.41, 5.74) is 0. The molecule has 2 fully saturated rings. The molecule has 0 aromatic heterocycles. The molecule has 2 aliphatic carbocycles. The standard InChI is InChI=1S/C15H23N/c1-2-12-3-7-14(8-4-12)15-9-5-13(11-16)6-10-15/h2,12-15H,1,3-10H2/t12-,13-,14-,15-. The van der Waals surface area contributed by atoms with Crippen molar-refractivity contribution in [1.29, 1.82) is 5.26 Å². The Morgan fingerprint density at radius 1 is 0.875 bits per heavy atom. The normalized spacial score (nSPS) is 39.9. The van der Waals surface area contributed by atoms with E-state index in [1.807, 2.05) is 0 Å². The molecule has 0 saturated heterocycles. The van der Waals surface area contributed by atoms with Gasteiger partial charge in [-0.15, -0.1) is 6.58 Å². The summed E-state index contributed by atoms with van der Waals surface area (Å²) in [4.78, 5) is 0. The fourth-order valence-electron chi connectivity index (χ4n) is 3.57. The fourth-order valence-corrected chi connectivity index (χ4v) is 3.57. The lowest BCUT2D eigenvalue weighted by molar-refractivity contribution is 0.168. The summed E-state index contributed by atoms with van der Waals surface area (Å²) in [5, 5.41) is 8.89. The molecule has 2 rings (SSSR count). The number of hydrogen-bond donors (Lipinski definition) is 0. The van der Waals surface area contributed by atoms with E-state index in [1.54, 1.807) is 0 Å². The Bertz CT molecular complexity index is 260. The highest BCUT2D eigenvalue weighted by Gasteiger charge is 2.29. The summed E-state index contributed by atoms with van der Waals surface area (Å²) in [6.45, 7) is 3.91. The Balaban J connectivity index is 1.78. The minimum atomic E-state index is 0.362. The van der Waals surface area contributed by atoms with Gasteiger partial charge in [-0.2, -0.15) is 5.26 Å². The number of nitriles is 1. The van der Waals surface area contributed by atoms with E-state index in [0.717, 1.165) is 30.6 Å². The Morgan fingerprint density at radius 2 is 1.38 bits per heavy atom. The van der Waals surface area contributed by atoms with Crippen LogP contribution in [0, 0.1) is 35.0 Å². The van der Waals surface area contributed by atoms with Gasteiger partial charge >= 0.3 is 0 Å². The van der Waals surface area contributed by atoms with Gasteiger partial charge in [-0.1, -0.05) is 6.08 Å². The number of rotatable bonds is 2. The van der Waals surface area contributed by atoms with Crippen LogP contribution in [0.1, 0.15) is 51.4 Å². The second kappa shape index (κ2) is 5.53. The quantitative estimate of drug-likeness (QED) is 0.632. The topological polar surface area (TPSA) is 23.8 Å². The van der Waals surface area contributed by atoms with Crippen molar-refractivity contribution in [2.75, 3.05) is 0 Å². The summed E-state index contributed by atoms with van der Waals surface area (Å²) in [5.74, 6) is 3.03. The van der Waals surface area contributed by atoms with Gasteiger partial charge in [0.1, 0.15) is 0 Å². The highest BCUT2D eigenvalue weighted by atomic mass is 14.4. The van der Waals surface area contributed by atoms with Gasteiger partial charge in [0, 0.05) is 5.92 Å². The van der Waals surface area contributed by atoms with Gasteiger partial charge in [-0.25, -0.2) is 0 Å². The third-order valence-corrected chi connectivity index (χ3v) is 4.77. The molecule has 1 nitrogen and oxygen atoms in total. The maximum absolute atomic E-state index is 8.89. The minimum absolute atomic E-state index is 0.362. The minimum Gasteiger partial charge on any atom is -0.198 e. The zero-order valence-corrected chi connectivity index (χ0v) is 10.2. The van der Waals surface area contributed by atoms with Gasteiger partial charge in [-0.05, 0) is 69.1 Å². The fraction of sp³-hybridized carbons (Fsp3) is 0.800. The van der Waals surface area contributed by atoms with Crippen molar-refractivity contribution in [1.82, 2.24) is 0 Å². The van der Waals surface area contributed by atoms with Crippen LogP contribution in [0.15, 0.2) is 12.7 Å². The molecule has 0 N–H and O–H groups in total. The molecular weight excluding hydrogens is 194 g/mol. The van der Waals surface area contributed by atoms with Crippen molar-refractivity contribution in [3.63, 3.8) is 0 Å². The molecule has 0 heterocycles. The highest BCUT2D eigenvalue weighted by Crippen LogP contribution is 2.41. The lowest BCUT2D eigenvalue weighted by atomic mass is 9.69. The average molecular weight is 217 g/mol. The largest absolute Gasteiger partial charge is 0.198 e. The van der Waals surface area contributed by atoms with Crippen LogP contribution in [0.2, 0.25) is 0 Å². The molecule has 0 unspecified atom stereocenters. The lowest BCUT2D eigenvalue weighted by Crippen LogP contribution is -2.25. The average Bonchev–Trinajstić information content (AvgIpc) is 2.39. The number of allylic oxidation sites excluding steroid dienone is 1. The van der Waals surface area contributed by atoms with E-state index in [9.17, 15) is 0 Å². The van der Waals surface area contributed by atoms with E-state index in [1.165, 1.54) is 38.5 Å². The second-order valence-electron chi connectivity index (χ2n) is 5.65. The Kier molecular flexibility index (Phi) is 4.04. The van der Waals surface area contributed by atoms with Crippen molar-refractivity contribution in [2.24, 2.45) is 23.7 Å². The molecule has 16 heavy (non-hydrogen) atoms. The van der Waals surface area contributed by atoms with Crippen molar-refractivity contribution < 1.29 is 0 Å². The molecular formula is C15H23N. The maximum Gasteiger partial charge on any atom is 0.0655 e. The van der Waals surface area contributed by atoms with Crippen LogP contribution in [0.25, 0.3) is 0 Å². The van der Waals surface area contributed by atoms with Crippen molar-refractivity contribution in [2.45, 2.75) is 51.4 Å². The summed E-state index contributed by atoms with van der Waals surface area (Å²) < 4.78 is 0. The molecule has 0 aliphatic heterocycles. The number of hydrogen-bond acceptors (Lipinski definition) is 1. The predicted molar refractivity (Wildman–Crippen MR) is 66.7 cm³/mol. The van der Waals surface area contributed by atoms with E-state index in [-0.39, 0.29) is 0 Å². The van der Waals surface area contributed by atoms with Crippen molar-refractivity contribution >= 4 is 0 Å². The highest BCUT2D eigenvalue weighted by molar-refractivity contribution is 4.91. The van der Waals surface area contributed by atoms with Crippen LogP contribution < -0.4 is 0 Å². The second-order valence-corrected chi connectivity index (χ2v) is 5.65. The zero-order chi connectivity index (χ0) is 11.4. The van der Waals surface area contributed by atoms with Gasteiger partial charge in [0.25, 0.3) is 0 Å². The van der Waals surface area contributed by atoms with Crippen molar-refractivity contribution in [3.05, 3.63) is 12.7 Å². The first-order valence-corrected chi connectivity index (χ1v) is 6.85. The Hall–Kier alpha value is -0.770. The van der Waals surface area contributed by atoms with Crippen LogP contribution in [0.5, 0.6) is 0 Å². The molecule has 88 valence electrons. The van der Waals surface area contributed by atoms with E-state index in [4.69, 9.17) is 5.26 Å². The van der Waals surface area contributed by atoms with E-state index >= 15 is 0 Å². The first-order chi connectivity index (χ1) is 7.83.